The lowest BCUT2D eigenvalue weighted by molar-refractivity contribution is -0.119. The molecule has 4 N–H and O–H groups in total. The number of ether oxygens (including phenoxy) is 2. The molecule has 0 saturated heterocycles. The van der Waals surface area contributed by atoms with Crippen LogP contribution in [0.15, 0.2) is 82.3 Å². The number of fused-ring (bicyclic) bond motifs is 3. The Morgan fingerprint density at radius 1 is 1.14 bits per heavy atom. The molecule has 1 atom stereocenters. The van der Waals surface area contributed by atoms with Gasteiger partial charge in [-0.1, -0.05) is 41.0 Å². The number of anilines is 1. The third kappa shape index (κ3) is 6.39. The Morgan fingerprint density at radius 3 is 2.44 bits per heavy atom. The number of nitrogens with one attached hydrogen (secondary N) is 2. The summed E-state index contributed by atoms with van der Waals surface area (Å²) in [6.45, 7) is 10.1. The van der Waals surface area contributed by atoms with Crippen LogP contribution in [0.5, 0.6) is 17.2 Å². The van der Waals surface area contributed by atoms with Crippen LogP contribution in [-0.2, 0) is 31.6 Å². The number of rotatable bonds is 11. The van der Waals surface area contributed by atoms with Crippen LogP contribution in [0.1, 0.15) is 46.5 Å². The number of aromatic hydroxyl groups is 1. The van der Waals surface area contributed by atoms with Gasteiger partial charge in [0.15, 0.2) is 11.5 Å². The number of phenols is 1. The average molecular weight is 743 g/mol. The zero-order valence-corrected chi connectivity index (χ0v) is 29.9. The Labute approximate surface area is 298 Å². The fraction of sp³-hybridized carbons (Fsp3) is 0.229. The van der Waals surface area contributed by atoms with Crippen LogP contribution in [0.25, 0.3) is 0 Å². The highest BCUT2D eigenvalue weighted by atomic mass is 35.5. The Hall–Kier alpha value is -4.98. The molecule has 0 saturated carbocycles. The Kier molecular flexibility index (Phi) is 9.97. The van der Waals surface area contributed by atoms with E-state index >= 15 is 0 Å². The number of methoxy groups -OCH3 is 1. The standard InChI is InChI=1S/C35H33Cl2N3O9S/c1-7-10-48-39-19(4)29-24(41)15-28-35(5,33(29)43)31-25(42)14-26(47-6)30(32(31)49-28)34(44)38-16-22-17(2)11-21(12-18(22)3)40-50(45,46)27-9-8-20(36)13-23(27)37/h7-9,11-15,40-42H,1,10,16H2,2-6H3,(H,38,44)/b39-19+/t35-/m1/s1. The number of sulfonamides is 1. The van der Waals surface area contributed by atoms with Gasteiger partial charge in [-0.2, -0.15) is 0 Å². The first kappa shape index (κ1) is 36.3. The van der Waals surface area contributed by atoms with E-state index in [1.54, 1.807) is 26.0 Å². The summed E-state index contributed by atoms with van der Waals surface area (Å²) in [4.78, 5) is 32.8. The third-order valence-corrected chi connectivity index (χ3v) is 10.5. The van der Waals surface area contributed by atoms with Crippen LogP contribution in [0, 0.1) is 13.8 Å². The summed E-state index contributed by atoms with van der Waals surface area (Å²) in [7, 11) is -2.73. The lowest BCUT2D eigenvalue weighted by Gasteiger charge is -2.28. The van der Waals surface area contributed by atoms with Gasteiger partial charge < -0.3 is 29.8 Å². The van der Waals surface area contributed by atoms with Crippen LogP contribution in [-0.4, -0.2) is 49.7 Å². The number of allylic oxidation sites excluding steroid dienone is 3. The van der Waals surface area contributed by atoms with Gasteiger partial charge in [0.25, 0.3) is 15.9 Å². The van der Waals surface area contributed by atoms with Crippen LogP contribution in [0.2, 0.25) is 10.0 Å². The number of carbonyl (C=O) groups is 2. The van der Waals surface area contributed by atoms with Crippen molar-refractivity contribution in [2.75, 3.05) is 18.4 Å². The molecule has 1 aliphatic heterocycles. The summed E-state index contributed by atoms with van der Waals surface area (Å²) < 4.78 is 40.1. The molecule has 1 heterocycles. The Bertz CT molecular complexity index is 2150. The normalized spacial score (nSPS) is 17.0. The summed E-state index contributed by atoms with van der Waals surface area (Å²) in [5.41, 5.74) is 0.540. The van der Waals surface area contributed by atoms with E-state index in [4.69, 9.17) is 37.5 Å². The number of aliphatic hydroxyl groups excluding tert-OH is 1. The van der Waals surface area contributed by atoms with Crippen molar-refractivity contribution in [2.45, 2.75) is 44.6 Å². The van der Waals surface area contributed by atoms with Crippen molar-refractivity contribution in [2.24, 2.45) is 5.16 Å². The maximum atomic E-state index is 14.0. The number of nitrogens with zero attached hydrogens (tertiary/aromatic N) is 1. The van der Waals surface area contributed by atoms with Gasteiger partial charge in [0, 0.05) is 29.4 Å². The van der Waals surface area contributed by atoms with Gasteiger partial charge in [-0.3, -0.25) is 14.3 Å². The fourth-order valence-corrected chi connectivity index (χ4v) is 7.77. The zero-order valence-electron chi connectivity index (χ0n) is 27.6. The minimum atomic E-state index is -4.04. The summed E-state index contributed by atoms with van der Waals surface area (Å²) in [6, 6.07) is 8.52. The number of Topliss-reactive ketones (excluding diaryl/α,β-unsaturated/α-hetero) is 1. The van der Waals surface area contributed by atoms with Crippen molar-refractivity contribution in [3.05, 3.63) is 110 Å². The zero-order chi connectivity index (χ0) is 36.7. The Balaban J connectivity index is 1.44. The summed E-state index contributed by atoms with van der Waals surface area (Å²) in [5.74, 6) is -2.24. The third-order valence-electron chi connectivity index (χ3n) is 8.39. The van der Waals surface area contributed by atoms with Crippen LogP contribution in [0.3, 0.4) is 0 Å². The number of carbonyl (C=O) groups excluding carboxylic acids is 2. The highest BCUT2D eigenvalue weighted by molar-refractivity contribution is 7.92. The number of phenolic OH excluding ortho intramolecular Hbond substituents is 1. The number of aliphatic hydroxyl groups is 1. The molecule has 0 spiro atoms. The van der Waals surface area contributed by atoms with Crippen molar-refractivity contribution < 1.29 is 42.5 Å². The molecule has 0 radical (unpaired) electrons. The van der Waals surface area contributed by atoms with E-state index in [0.717, 1.165) is 0 Å². The molecule has 3 aromatic carbocycles. The molecule has 2 aliphatic rings. The van der Waals surface area contributed by atoms with Crippen molar-refractivity contribution in [3.63, 3.8) is 0 Å². The summed E-state index contributed by atoms with van der Waals surface area (Å²) >= 11 is 12.0. The maximum Gasteiger partial charge on any atom is 0.263 e. The lowest BCUT2D eigenvalue weighted by atomic mass is 9.71. The number of hydrogen-bond donors (Lipinski definition) is 4. The van der Waals surface area contributed by atoms with Gasteiger partial charge >= 0.3 is 0 Å². The molecular formula is C35H33Cl2N3O9S. The molecule has 0 bridgehead atoms. The maximum absolute atomic E-state index is 14.0. The van der Waals surface area contributed by atoms with Crippen molar-refractivity contribution in [1.82, 2.24) is 5.32 Å². The topological polar surface area (TPSA) is 173 Å². The lowest BCUT2D eigenvalue weighted by Crippen LogP contribution is -2.38. The first-order valence-corrected chi connectivity index (χ1v) is 17.3. The molecule has 0 unspecified atom stereocenters. The number of amides is 1. The number of benzene rings is 3. The quantitative estimate of drug-likeness (QED) is 0.0735. The van der Waals surface area contributed by atoms with E-state index < -0.39 is 32.9 Å². The monoisotopic (exact) mass is 741 g/mol. The number of halogens is 2. The molecule has 0 fully saturated rings. The first-order chi connectivity index (χ1) is 23.5. The van der Waals surface area contributed by atoms with Gasteiger partial charge in [-0.15, -0.1) is 0 Å². The van der Waals surface area contributed by atoms with Crippen molar-refractivity contribution in [3.8, 4) is 17.2 Å². The SMILES string of the molecule is C=CCO/N=C(\C)C1=C(O)C=C2Oc3c(C(=O)NCc4c(C)cc(NS(=O)(=O)c5ccc(Cl)cc5Cl)cc4C)c(OC)cc(O)c3[C@]2(C)C1=O. The molecule has 0 aromatic heterocycles. The minimum absolute atomic E-state index is 0.00861. The van der Waals surface area contributed by atoms with Crippen LogP contribution < -0.4 is 19.5 Å². The average Bonchev–Trinajstić information content (AvgIpc) is 3.33. The van der Waals surface area contributed by atoms with E-state index in [2.05, 4.69) is 21.8 Å². The van der Waals surface area contributed by atoms with Gasteiger partial charge in [0.2, 0.25) is 0 Å². The molecule has 1 aliphatic carbocycles. The second-order valence-corrected chi connectivity index (χ2v) is 14.2. The van der Waals surface area contributed by atoms with Gasteiger partial charge in [-0.25, -0.2) is 8.42 Å². The van der Waals surface area contributed by atoms with Crippen molar-refractivity contribution in [1.29, 1.82) is 0 Å². The van der Waals surface area contributed by atoms with Crippen molar-refractivity contribution >= 4 is 56.3 Å². The largest absolute Gasteiger partial charge is 0.507 e. The number of hydrogen-bond acceptors (Lipinski definition) is 10. The first-order valence-electron chi connectivity index (χ1n) is 15.0. The highest BCUT2D eigenvalue weighted by Crippen LogP contribution is 2.56. The number of oxime groups is 1. The number of ketones is 1. The second-order valence-electron chi connectivity index (χ2n) is 11.7. The van der Waals surface area contributed by atoms with E-state index in [9.17, 15) is 28.2 Å². The molecule has 50 heavy (non-hydrogen) atoms. The van der Waals surface area contributed by atoms with Gasteiger partial charge in [0.1, 0.15) is 45.5 Å². The van der Waals surface area contributed by atoms with Crippen LogP contribution >= 0.6 is 23.2 Å². The molecule has 5 rings (SSSR count). The van der Waals surface area contributed by atoms with E-state index in [1.807, 2.05) is 0 Å². The smallest absolute Gasteiger partial charge is 0.263 e. The predicted molar refractivity (Wildman–Crippen MR) is 189 cm³/mol. The molecule has 3 aromatic rings. The Morgan fingerprint density at radius 2 is 1.82 bits per heavy atom. The summed E-state index contributed by atoms with van der Waals surface area (Å²) in [5, 5.41) is 29.0. The van der Waals surface area contributed by atoms with Gasteiger partial charge in [0.05, 0.1) is 29.0 Å². The van der Waals surface area contributed by atoms with E-state index in [0.29, 0.717) is 21.7 Å². The predicted octanol–water partition coefficient (Wildman–Crippen LogP) is 6.56. The van der Waals surface area contributed by atoms with Crippen LogP contribution in [0.4, 0.5) is 5.69 Å². The molecule has 12 nitrogen and oxygen atoms in total. The number of aryl methyl sites for hydroxylation is 2. The van der Waals surface area contributed by atoms with E-state index in [-0.39, 0.29) is 74.2 Å². The molecular weight excluding hydrogens is 709 g/mol. The highest BCUT2D eigenvalue weighted by Gasteiger charge is 2.55. The molecule has 1 amide bonds. The fourth-order valence-electron chi connectivity index (χ4n) is 5.95. The minimum Gasteiger partial charge on any atom is -0.507 e. The molecule has 262 valence electrons. The molecule has 15 heteroatoms. The summed E-state index contributed by atoms with van der Waals surface area (Å²) in [6.07, 6.45) is 2.70. The van der Waals surface area contributed by atoms with Gasteiger partial charge in [-0.05, 0) is 74.7 Å². The second kappa shape index (κ2) is 13.7. The van der Waals surface area contributed by atoms with E-state index in [1.165, 1.54) is 57.4 Å².